The van der Waals surface area contributed by atoms with Crippen molar-refractivity contribution in [2.45, 2.75) is 49.4 Å². The summed E-state index contributed by atoms with van der Waals surface area (Å²) in [5.74, 6) is -4.40. The van der Waals surface area contributed by atoms with Gasteiger partial charge in [0.25, 0.3) is 29.4 Å². The highest BCUT2D eigenvalue weighted by Gasteiger charge is 2.54. The highest BCUT2D eigenvalue weighted by molar-refractivity contribution is 8.01. The van der Waals surface area contributed by atoms with Crippen molar-refractivity contribution in [2.24, 2.45) is 5.16 Å². The summed E-state index contributed by atoms with van der Waals surface area (Å²) >= 11 is 3.56. The van der Waals surface area contributed by atoms with Crippen molar-refractivity contribution < 1.29 is 48.9 Å². The number of rotatable bonds is 13. The smallest absolute Gasteiger partial charge is 0.352 e. The summed E-state index contributed by atoms with van der Waals surface area (Å²) in [7, 11) is 1.52. The molecule has 1 aromatic carbocycles. The van der Waals surface area contributed by atoms with Crippen LogP contribution >= 0.6 is 34.9 Å². The fraction of sp³-hybridized carbons (Fsp3) is 0.312. The predicted octanol–water partition coefficient (Wildman–Crippen LogP) is 0.520. The highest BCUT2D eigenvalue weighted by Crippen LogP contribution is 2.41. The zero-order chi connectivity index (χ0) is 40.5. The number of aromatic nitrogens is 5. The number of carbonyl (C=O) groups is 5. The quantitative estimate of drug-likeness (QED) is 0.0241. The van der Waals surface area contributed by atoms with E-state index in [2.05, 4.69) is 41.4 Å². The molecule has 2 atom stereocenters. The van der Waals surface area contributed by atoms with Crippen LogP contribution in [0.2, 0.25) is 0 Å². The van der Waals surface area contributed by atoms with E-state index in [0.29, 0.717) is 27.9 Å². The molecular formula is C32H33N11O10S3. The summed E-state index contributed by atoms with van der Waals surface area (Å²) in [4.78, 5) is 84.6. The fourth-order valence-electron chi connectivity index (χ4n) is 5.26. The number of ether oxygens (including phenoxy) is 1. The molecule has 4 amide bonds. The monoisotopic (exact) mass is 827 g/mol. The lowest BCUT2D eigenvalue weighted by molar-refractivity contribution is -0.150. The molecule has 8 N–H and O–H groups in total. The molecule has 24 heteroatoms. The van der Waals surface area contributed by atoms with E-state index in [1.165, 1.54) is 55.9 Å². The molecule has 1 fully saturated rings. The average molecular weight is 828 g/mol. The van der Waals surface area contributed by atoms with Gasteiger partial charge in [-0.3, -0.25) is 34.9 Å². The van der Waals surface area contributed by atoms with Gasteiger partial charge in [-0.1, -0.05) is 5.16 Å². The number of aromatic hydroxyl groups is 2. The van der Waals surface area contributed by atoms with Gasteiger partial charge in [-0.15, -0.1) is 40.0 Å². The summed E-state index contributed by atoms with van der Waals surface area (Å²) in [5.41, 5.74) is 8.70. The van der Waals surface area contributed by atoms with Crippen LogP contribution in [-0.4, -0.2) is 116 Å². The normalized spacial score (nSPS) is 17.0. The number of amides is 4. The first-order chi connectivity index (χ1) is 26.6. The maximum Gasteiger partial charge on any atom is 0.352 e. The molecule has 0 saturated carbocycles. The third-order valence-electron chi connectivity index (χ3n) is 8.07. The van der Waals surface area contributed by atoms with Gasteiger partial charge in [0.2, 0.25) is 5.60 Å². The van der Waals surface area contributed by atoms with Crippen LogP contribution < -0.4 is 21.9 Å². The SMILES string of the molecule is COCc1nc2nc(C)cc(SCC3=C(C(=O)O)N4C(=O)C(NC(=O)C(=NOC(C)(C)C(=O)NNC(=O)c5ccc(O)c(O)c5)c5csc(N)n5)[C@@H]4SC3)n2n1. The number of nitrogens with zero attached hydrogens (tertiary/aromatic N) is 7. The van der Waals surface area contributed by atoms with Crippen molar-refractivity contribution in [3.8, 4) is 11.5 Å². The van der Waals surface area contributed by atoms with Gasteiger partial charge in [0.05, 0.1) is 0 Å². The number of carboxylic acid groups (broad SMARTS) is 1. The van der Waals surface area contributed by atoms with Crippen molar-refractivity contribution in [1.82, 2.24) is 45.6 Å². The van der Waals surface area contributed by atoms with Gasteiger partial charge in [0.15, 0.2) is 28.2 Å². The van der Waals surface area contributed by atoms with Crippen LogP contribution in [0.3, 0.4) is 0 Å². The maximum atomic E-state index is 13.7. The molecule has 21 nitrogen and oxygen atoms in total. The summed E-state index contributed by atoms with van der Waals surface area (Å²) in [6, 6.07) is 3.93. The lowest BCUT2D eigenvalue weighted by Crippen LogP contribution is -2.71. The Morgan fingerprint density at radius 3 is 2.57 bits per heavy atom. The molecule has 2 aliphatic heterocycles. The summed E-state index contributed by atoms with van der Waals surface area (Å²) in [6.07, 6.45) is 0. The minimum Gasteiger partial charge on any atom is -0.504 e. The van der Waals surface area contributed by atoms with Gasteiger partial charge in [-0.2, -0.15) is 9.50 Å². The summed E-state index contributed by atoms with van der Waals surface area (Å²) < 4.78 is 6.67. The second kappa shape index (κ2) is 16.0. The summed E-state index contributed by atoms with van der Waals surface area (Å²) in [6.45, 7) is 4.56. The maximum absolute atomic E-state index is 13.7. The second-order valence-corrected chi connectivity index (χ2v) is 15.5. The Hall–Kier alpha value is -5.98. The Labute approximate surface area is 328 Å². The second-order valence-electron chi connectivity index (χ2n) is 12.5. The zero-order valence-corrected chi connectivity index (χ0v) is 32.2. The highest BCUT2D eigenvalue weighted by atomic mass is 32.2. The number of anilines is 1. The number of benzene rings is 1. The molecule has 6 rings (SSSR count). The van der Waals surface area contributed by atoms with E-state index < -0.39 is 63.8 Å². The molecular weight excluding hydrogens is 795 g/mol. The topological polar surface area (TPSA) is 298 Å². The lowest BCUT2D eigenvalue weighted by Gasteiger charge is -2.49. The number of hydrogen-bond donors (Lipinski definition) is 7. The molecule has 0 aliphatic carbocycles. The summed E-state index contributed by atoms with van der Waals surface area (Å²) in [5, 5.41) is 41.6. The molecule has 0 spiro atoms. The number of aliphatic carboxylic acids is 1. The molecule has 0 radical (unpaired) electrons. The van der Waals surface area contributed by atoms with Gasteiger partial charge in [0, 0.05) is 35.3 Å². The van der Waals surface area contributed by atoms with Gasteiger partial charge >= 0.3 is 5.97 Å². The van der Waals surface area contributed by atoms with E-state index in [9.17, 15) is 39.3 Å². The number of hydrogen-bond acceptors (Lipinski definition) is 18. The van der Waals surface area contributed by atoms with Crippen LogP contribution in [0.5, 0.6) is 11.5 Å². The first kappa shape index (κ1) is 39.7. The third-order valence-corrected chi connectivity index (χ3v) is 11.2. The fourth-order valence-corrected chi connectivity index (χ4v) is 8.34. The van der Waals surface area contributed by atoms with Gasteiger partial charge in [-0.25, -0.2) is 14.8 Å². The first-order valence-corrected chi connectivity index (χ1v) is 19.2. The van der Waals surface area contributed by atoms with Crippen LogP contribution in [0, 0.1) is 6.92 Å². The number of hydrazine groups is 1. The number of oxime groups is 1. The van der Waals surface area contributed by atoms with Crippen molar-refractivity contribution in [1.29, 1.82) is 0 Å². The van der Waals surface area contributed by atoms with Crippen molar-refractivity contribution in [3.05, 3.63) is 63.7 Å². The van der Waals surface area contributed by atoms with Crippen molar-refractivity contribution >= 4 is 81.1 Å². The van der Waals surface area contributed by atoms with Crippen LogP contribution in [0.25, 0.3) is 5.78 Å². The Morgan fingerprint density at radius 2 is 1.89 bits per heavy atom. The molecule has 3 aromatic heterocycles. The van der Waals surface area contributed by atoms with E-state index in [-0.39, 0.29) is 40.2 Å². The third kappa shape index (κ3) is 8.17. The molecule has 0 bridgehead atoms. The Bertz CT molecular complexity index is 2330. The Balaban J connectivity index is 1.14. The number of nitrogens with one attached hydrogen (secondary N) is 3. The standard InChI is InChI=1S/C32H33N11O10S3/c1-13-7-20(43-31(34-13)36-19(40-43)9-52-4)54-10-15-11-55-27-22(26(48)42(27)23(15)28(49)50)37-25(47)21(16-12-56-30(33)35-16)41-53-32(2,3)29(51)39-38-24(46)14-5-6-17(44)18(45)8-14/h5-8,12,22,27,44-45H,9-11H2,1-4H3,(H2,33,35)(H,37,47)(H,38,46)(H,39,51)(H,49,50)/t22?,27-/m0/s1. The van der Waals surface area contributed by atoms with E-state index in [1.807, 2.05) is 0 Å². The number of thiazole rings is 1. The van der Waals surface area contributed by atoms with Crippen molar-refractivity contribution in [2.75, 3.05) is 24.3 Å². The van der Waals surface area contributed by atoms with Crippen LogP contribution in [0.15, 0.2) is 51.1 Å². The number of phenols is 2. The molecule has 4 aromatic rings. The number of phenolic OH excluding ortho intramolecular Hbond substituents is 2. The van der Waals surface area contributed by atoms with E-state index in [4.69, 9.17) is 15.3 Å². The molecule has 2 aliphatic rings. The molecule has 5 heterocycles. The number of nitrogens with two attached hydrogens (primary N) is 1. The molecule has 1 unspecified atom stereocenters. The van der Waals surface area contributed by atoms with Gasteiger partial charge < -0.3 is 35.9 Å². The van der Waals surface area contributed by atoms with Gasteiger partial charge in [0.1, 0.15) is 34.4 Å². The minimum atomic E-state index is -1.81. The predicted molar refractivity (Wildman–Crippen MR) is 200 cm³/mol. The van der Waals surface area contributed by atoms with Crippen molar-refractivity contribution in [3.63, 3.8) is 0 Å². The lowest BCUT2D eigenvalue weighted by atomic mass is 10.0. The number of carbonyl (C=O) groups excluding carboxylic acids is 4. The van der Waals surface area contributed by atoms with E-state index in [0.717, 1.165) is 28.4 Å². The number of aryl methyl sites for hydroxylation is 1. The number of nitrogen functional groups attached to an aromatic ring is 1. The van der Waals surface area contributed by atoms with E-state index >= 15 is 0 Å². The van der Waals surface area contributed by atoms with Crippen LogP contribution in [0.4, 0.5) is 5.13 Å². The largest absolute Gasteiger partial charge is 0.504 e. The molecule has 56 heavy (non-hydrogen) atoms. The average Bonchev–Trinajstić information content (AvgIpc) is 3.77. The Kier molecular flexibility index (Phi) is 11.4. The number of carboxylic acids is 1. The van der Waals surface area contributed by atoms with E-state index in [1.54, 1.807) is 17.5 Å². The number of fused-ring (bicyclic) bond motifs is 2. The first-order valence-electron chi connectivity index (χ1n) is 16.2. The van der Waals surface area contributed by atoms with Crippen LogP contribution in [-0.2, 0) is 35.4 Å². The van der Waals surface area contributed by atoms with Crippen LogP contribution in [0.1, 0.15) is 41.4 Å². The molecule has 294 valence electrons. The Morgan fingerprint density at radius 1 is 1.12 bits per heavy atom. The number of β-lactam (4-membered cyclic amide) rings is 1. The minimum absolute atomic E-state index is 0.0332. The number of thioether (sulfide) groups is 2. The van der Waals surface area contributed by atoms with Gasteiger partial charge in [-0.05, 0) is 50.6 Å². The zero-order valence-electron chi connectivity index (χ0n) is 29.8. The molecule has 1 saturated heterocycles. The number of methoxy groups -OCH3 is 1.